The zero-order chi connectivity index (χ0) is 33.4. The first-order valence-corrected chi connectivity index (χ1v) is 16.3. The molecule has 0 aliphatic carbocycles. The Bertz CT molecular complexity index is 2130. The fourth-order valence-corrected chi connectivity index (χ4v) is 6.85. The molecule has 1 aliphatic rings. The number of aromatic nitrogens is 5. The summed E-state index contributed by atoms with van der Waals surface area (Å²) >= 11 is 0. The second kappa shape index (κ2) is 12.7. The molecule has 0 fully saturated rings. The summed E-state index contributed by atoms with van der Waals surface area (Å²) in [5.41, 5.74) is 4.76. The number of aryl methyl sites for hydroxylation is 3. The monoisotopic (exact) mass is 649 g/mol. The summed E-state index contributed by atoms with van der Waals surface area (Å²) in [6, 6.07) is 15.7. The van der Waals surface area contributed by atoms with Crippen molar-refractivity contribution in [3.8, 4) is 22.9 Å². The molecule has 8 nitrogen and oxygen atoms in total. The van der Waals surface area contributed by atoms with E-state index in [9.17, 15) is 9.90 Å². The minimum atomic E-state index is -0.839. The minimum absolute atomic E-state index is 0.0474. The first-order valence-electron chi connectivity index (χ1n) is 16.3. The van der Waals surface area contributed by atoms with Crippen LogP contribution in [0.25, 0.3) is 22.3 Å². The van der Waals surface area contributed by atoms with Gasteiger partial charge in [-0.3, -0.25) is 4.79 Å². The number of aliphatic carboxylic acids is 1. The first kappa shape index (κ1) is 31.4. The van der Waals surface area contributed by atoms with Gasteiger partial charge in [-0.25, -0.2) is 18.7 Å². The quantitative estimate of drug-likeness (QED) is 0.178. The Morgan fingerprint density at radius 3 is 2.81 bits per heavy atom. The summed E-state index contributed by atoms with van der Waals surface area (Å²) in [5.74, 6) is -0.403. The zero-order valence-electron chi connectivity index (χ0n) is 26.9. The molecule has 4 heterocycles. The number of hydrogen-bond acceptors (Lipinski definition) is 4. The van der Waals surface area contributed by atoms with Gasteiger partial charge in [0.2, 0.25) is 0 Å². The molecule has 246 valence electrons. The van der Waals surface area contributed by atoms with Gasteiger partial charge in [0, 0.05) is 72.1 Å². The van der Waals surface area contributed by atoms with Gasteiger partial charge in [0.15, 0.2) is 11.6 Å². The van der Waals surface area contributed by atoms with Gasteiger partial charge >= 0.3 is 5.97 Å². The van der Waals surface area contributed by atoms with Crippen molar-refractivity contribution in [1.82, 2.24) is 24.5 Å². The number of halogens is 2. The molecular formula is C38H37F2N5O3. The Hall–Kier alpha value is -5.25. The van der Waals surface area contributed by atoms with E-state index in [4.69, 9.17) is 9.72 Å². The predicted molar refractivity (Wildman–Crippen MR) is 179 cm³/mol. The van der Waals surface area contributed by atoms with E-state index in [1.807, 2.05) is 36.0 Å². The third kappa shape index (κ3) is 6.10. The first-order chi connectivity index (χ1) is 23.2. The van der Waals surface area contributed by atoms with Crippen molar-refractivity contribution in [3.05, 3.63) is 119 Å². The molecule has 3 aromatic heterocycles. The lowest BCUT2D eigenvalue weighted by Gasteiger charge is -2.30. The van der Waals surface area contributed by atoms with Gasteiger partial charge in [-0.1, -0.05) is 37.1 Å². The average Bonchev–Trinajstić information content (AvgIpc) is 3.83. The molecule has 6 bridgehead atoms. The van der Waals surface area contributed by atoms with Crippen LogP contribution >= 0.6 is 0 Å². The van der Waals surface area contributed by atoms with Crippen LogP contribution in [0, 0.1) is 11.6 Å². The molecular weight excluding hydrogens is 612 g/mol. The Kier molecular flexibility index (Phi) is 8.33. The maximum atomic E-state index is 15.7. The van der Waals surface area contributed by atoms with E-state index in [1.54, 1.807) is 18.5 Å². The number of carbonyl (C=O) groups is 1. The highest BCUT2D eigenvalue weighted by Gasteiger charge is 2.31. The molecule has 7 rings (SSSR count). The Morgan fingerprint density at radius 2 is 1.96 bits per heavy atom. The standard InChI is InChI=1S/C38H37F2N5O3/c1-38(24-8-6-7-23(17-24)10-13-35(46)47)15-5-3-4-9-25-22-45(2)34(43-25)19-28-27-14-16-41-32(27)20-31(40)36(28)48-26-11-12-30(39)29(18-26)37-42-21-33(38)44-37/h6-8,11-12,14,16-18,20-22,41H,3-5,9-10,13,15,19H2,1-2H3,(H,42,44)(H,46,47). The lowest BCUT2D eigenvalue weighted by Crippen LogP contribution is -2.24. The summed E-state index contributed by atoms with van der Waals surface area (Å²) in [7, 11) is 1.95. The molecule has 3 aromatic carbocycles. The van der Waals surface area contributed by atoms with Crippen molar-refractivity contribution in [1.29, 1.82) is 0 Å². The third-order valence-electron chi connectivity index (χ3n) is 9.61. The van der Waals surface area contributed by atoms with Crippen molar-refractivity contribution in [2.45, 2.75) is 63.7 Å². The predicted octanol–water partition coefficient (Wildman–Crippen LogP) is 8.39. The lowest BCUT2D eigenvalue weighted by molar-refractivity contribution is -0.136. The van der Waals surface area contributed by atoms with Gasteiger partial charge in [0.05, 0.1) is 11.3 Å². The van der Waals surface area contributed by atoms with Crippen LogP contribution in [0.1, 0.15) is 72.9 Å². The smallest absolute Gasteiger partial charge is 0.303 e. The highest BCUT2D eigenvalue weighted by atomic mass is 19.1. The van der Waals surface area contributed by atoms with E-state index in [1.165, 1.54) is 18.2 Å². The molecule has 10 heteroatoms. The van der Waals surface area contributed by atoms with Gasteiger partial charge in [-0.05, 0) is 68.0 Å². The summed E-state index contributed by atoms with van der Waals surface area (Å²) in [5, 5.41) is 10.1. The van der Waals surface area contributed by atoms with E-state index in [2.05, 4.69) is 34.0 Å². The zero-order valence-corrected chi connectivity index (χ0v) is 26.9. The molecule has 1 atom stereocenters. The van der Waals surface area contributed by atoms with E-state index < -0.39 is 23.0 Å². The molecule has 0 amide bonds. The van der Waals surface area contributed by atoms with Crippen molar-refractivity contribution in [3.63, 3.8) is 0 Å². The summed E-state index contributed by atoms with van der Waals surface area (Å²) in [6.45, 7) is 2.14. The molecule has 0 saturated heterocycles. The largest absolute Gasteiger partial charge is 0.481 e. The minimum Gasteiger partial charge on any atom is -0.481 e. The Morgan fingerprint density at radius 1 is 1.08 bits per heavy atom. The van der Waals surface area contributed by atoms with Gasteiger partial charge in [0.1, 0.15) is 23.2 Å². The molecule has 1 aliphatic heterocycles. The van der Waals surface area contributed by atoms with Crippen LogP contribution in [0.15, 0.2) is 73.2 Å². The summed E-state index contributed by atoms with van der Waals surface area (Å²) in [6.07, 6.45) is 10.8. The number of H-pyrrole nitrogens is 2. The third-order valence-corrected chi connectivity index (χ3v) is 9.61. The second-order valence-corrected chi connectivity index (χ2v) is 12.9. The maximum Gasteiger partial charge on any atom is 0.303 e. The van der Waals surface area contributed by atoms with Gasteiger partial charge in [-0.2, -0.15) is 0 Å². The van der Waals surface area contributed by atoms with Crippen LogP contribution in [-0.2, 0) is 36.5 Å². The molecule has 0 radical (unpaired) electrons. The van der Waals surface area contributed by atoms with Crippen LogP contribution in [0.2, 0.25) is 0 Å². The molecule has 6 aromatic rings. The number of aromatic amines is 2. The number of rotatable bonds is 4. The van der Waals surface area contributed by atoms with E-state index in [-0.39, 0.29) is 23.5 Å². The molecule has 3 N–H and O–H groups in total. The maximum absolute atomic E-state index is 15.7. The van der Waals surface area contributed by atoms with E-state index in [0.717, 1.165) is 65.8 Å². The number of carboxylic acids is 1. The number of nitrogens with one attached hydrogen (secondary N) is 2. The van der Waals surface area contributed by atoms with Crippen LogP contribution in [0.3, 0.4) is 0 Å². The molecule has 1 unspecified atom stereocenters. The number of imidazole rings is 2. The SMILES string of the molecule is Cn1cc2nc1Cc1c(c(F)cc3[nH]ccc13)Oc1ccc(F)c(c1)-c1ncc([nH]1)C(C)(c1cccc(CCC(=O)O)c1)CCCCC2. The number of carboxylic acid groups (broad SMARTS) is 1. The topological polar surface area (TPSA) is 109 Å². The lowest BCUT2D eigenvalue weighted by atomic mass is 9.75. The number of nitrogens with zero attached hydrogens (tertiary/aromatic N) is 3. The van der Waals surface area contributed by atoms with Crippen molar-refractivity contribution < 1.29 is 23.4 Å². The Labute approximate surface area is 276 Å². The number of hydrogen-bond donors (Lipinski definition) is 3. The number of benzene rings is 3. The average molecular weight is 650 g/mol. The van der Waals surface area contributed by atoms with Gasteiger partial charge in [0.25, 0.3) is 0 Å². The van der Waals surface area contributed by atoms with Crippen molar-refractivity contribution in [2.75, 3.05) is 0 Å². The number of fused-ring (bicyclic) bond motifs is 10. The fraction of sp³-hybridized carbons (Fsp3) is 0.289. The normalized spacial score (nSPS) is 16.8. The van der Waals surface area contributed by atoms with Crippen molar-refractivity contribution >= 4 is 16.9 Å². The summed E-state index contributed by atoms with van der Waals surface area (Å²) in [4.78, 5) is 27.3. The van der Waals surface area contributed by atoms with Crippen LogP contribution in [-0.4, -0.2) is 35.6 Å². The summed E-state index contributed by atoms with van der Waals surface area (Å²) < 4.78 is 39.4. The second-order valence-electron chi connectivity index (χ2n) is 12.9. The van der Waals surface area contributed by atoms with Crippen LogP contribution in [0.5, 0.6) is 11.5 Å². The highest BCUT2D eigenvalue weighted by Crippen LogP contribution is 2.40. The number of ether oxygens (including phenoxy) is 1. The fourth-order valence-electron chi connectivity index (χ4n) is 6.85. The highest BCUT2D eigenvalue weighted by molar-refractivity contribution is 5.86. The van der Waals surface area contributed by atoms with E-state index >= 15 is 8.78 Å². The molecule has 0 saturated carbocycles. The van der Waals surface area contributed by atoms with Crippen LogP contribution in [0.4, 0.5) is 8.78 Å². The van der Waals surface area contributed by atoms with Gasteiger partial charge in [-0.15, -0.1) is 0 Å². The molecule has 48 heavy (non-hydrogen) atoms. The van der Waals surface area contributed by atoms with Gasteiger partial charge < -0.3 is 24.4 Å². The Balaban J connectivity index is 1.33. The molecule has 0 spiro atoms. The van der Waals surface area contributed by atoms with Crippen molar-refractivity contribution in [2.24, 2.45) is 7.05 Å². The van der Waals surface area contributed by atoms with E-state index in [0.29, 0.717) is 29.7 Å². The van der Waals surface area contributed by atoms with Crippen LogP contribution < -0.4 is 4.74 Å².